The van der Waals surface area contributed by atoms with Gasteiger partial charge in [0.05, 0.1) is 23.4 Å². The highest BCUT2D eigenvalue weighted by Crippen LogP contribution is 2.48. The summed E-state index contributed by atoms with van der Waals surface area (Å²) in [5.74, 6) is 1.96. The minimum absolute atomic E-state index is 0.325. The maximum absolute atomic E-state index is 11.7. The summed E-state index contributed by atoms with van der Waals surface area (Å²) in [6, 6.07) is 0. The first-order chi connectivity index (χ1) is 14.0. The number of carbonyl (C=O) groups is 1. The minimum atomic E-state index is -0.325. The van der Waals surface area contributed by atoms with Crippen LogP contribution in [0.3, 0.4) is 0 Å². The molecule has 3 N–H and O–H groups in total. The van der Waals surface area contributed by atoms with Crippen LogP contribution in [0.25, 0.3) is 0 Å². The van der Waals surface area contributed by atoms with Gasteiger partial charge in [0.1, 0.15) is 0 Å². The SMILES string of the molecule is C=C1N(C(C=O)=CN)Cc2cnc(NCC3CC3)nc2C1(CCC)CC(C)CC. The van der Waals surface area contributed by atoms with Gasteiger partial charge in [0.2, 0.25) is 5.95 Å². The number of nitrogens with two attached hydrogens (primary N) is 1. The van der Waals surface area contributed by atoms with E-state index in [0.29, 0.717) is 24.1 Å². The average Bonchev–Trinajstić information content (AvgIpc) is 3.55. The molecule has 2 aliphatic rings. The van der Waals surface area contributed by atoms with E-state index in [0.717, 1.165) is 61.4 Å². The molecule has 1 aliphatic heterocycles. The van der Waals surface area contributed by atoms with Crippen molar-refractivity contribution in [2.24, 2.45) is 17.6 Å². The number of hydrogen-bond acceptors (Lipinski definition) is 6. The molecule has 1 saturated carbocycles. The van der Waals surface area contributed by atoms with E-state index in [9.17, 15) is 4.79 Å². The topological polar surface area (TPSA) is 84.1 Å². The van der Waals surface area contributed by atoms with E-state index in [2.05, 4.69) is 37.7 Å². The maximum atomic E-state index is 11.7. The predicted octanol–water partition coefficient (Wildman–Crippen LogP) is 4.10. The van der Waals surface area contributed by atoms with Crippen molar-refractivity contribution in [3.8, 4) is 0 Å². The molecular weight excluding hydrogens is 362 g/mol. The lowest BCUT2D eigenvalue weighted by Crippen LogP contribution is -2.45. The molecule has 158 valence electrons. The van der Waals surface area contributed by atoms with E-state index in [1.165, 1.54) is 19.0 Å². The largest absolute Gasteiger partial charge is 0.403 e. The first-order valence-electron chi connectivity index (χ1n) is 10.9. The second kappa shape index (κ2) is 8.97. The highest BCUT2D eigenvalue weighted by atomic mass is 16.1. The zero-order chi connectivity index (χ0) is 21.0. The number of aldehydes is 1. The van der Waals surface area contributed by atoms with E-state index < -0.39 is 0 Å². The summed E-state index contributed by atoms with van der Waals surface area (Å²) in [5, 5.41) is 3.42. The summed E-state index contributed by atoms with van der Waals surface area (Å²) in [7, 11) is 0. The predicted molar refractivity (Wildman–Crippen MR) is 117 cm³/mol. The number of rotatable bonds is 10. The van der Waals surface area contributed by atoms with Crippen LogP contribution in [-0.4, -0.2) is 27.7 Å². The molecule has 1 aromatic heterocycles. The molecule has 0 radical (unpaired) electrons. The molecule has 1 aromatic rings. The molecule has 0 spiro atoms. The Balaban J connectivity index is 2.08. The molecule has 3 rings (SSSR count). The van der Waals surface area contributed by atoms with Gasteiger partial charge in [-0.05, 0) is 37.5 Å². The van der Waals surface area contributed by atoms with E-state index in [-0.39, 0.29) is 5.41 Å². The molecule has 2 unspecified atom stereocenters. The smallest absolute Gasteiger partial charge is 0.222 e. The lowest BCUT2D eigenvalue weighted by molar-refractivity contribution is -0.106. The summed E-state index contributed by atoms with van der Waals surface area (Å²) >= 11 is 0. The van der Waals surface area contributed by atoms with Gasteiger partial charge >= 0.3 is 0 Å². The van der Waals surface area contributed by atoms with Crippen molar-refractivity contribution < 1.29 is 4.79 Å². The molecule has 1 fully saturated rings. The van der Waals surface area contributed by atoms with E-state index in [4.69, 9.17) is 10.7 Å². The number of fused-ring (bicyclic) bond motifs is 1. The van der Waals surface area contributed by atoms with Gasteiger partial charge < -0.3 is 16.0 Å². The molecule has 0 aromatic carbocycles. The molecule has 0 bridgehead atoms. The third kappa shape index (κ3) is 4.31. The van der Waals surface area contributed by atoms with Crippen LogP contribution in [0.15, 0.2) is 30.4 Å². The maximum Gasteiger partial charge on any atom is 0.222 e. The fourth-order valence-corrected chi connectivity index (χ4v) is 4.43. The highest BCUT2D eigenvalue weighted by molar-refractivity contribution is 5.73. The quantitative estimate of drug-likeness (QED) is 0.457. The third-order valence-electron chi connectivity index (χ3n) is 6.44. The van der Waals surface area contributed by atoms with Crippen LogP contribution in [0.1, 0.15) is 70.6 Å². The number of nitrogens with one attached hydrogen (secondary N) is 1. The number of aromatic nitrogens is 2. The monoisotopic (exact) mass is 397 g/mol. The van der Waals surface area contributed by atoms with Gasteiger partial charge in [-0.25, -0.2) is 9.97 Å². The van der Waals surface area contributed by atoms with E-state index in [1.54, 1.807) is 0 Å². The number of nitrogens with zero attached hydrogens (tertiary/aromatic N) is 3. The number of anilines is 1. The Morgan fingerprint density at radius 3 is 2.83 bits per heavy atom. The zero-order valence-electron chi connectivity index (χ0n) is 18.1. The van der Waals surface area contributed by atoms with E-state index >= 15 is 0 Å². The molecule has 0 saturated heterocycles. The van der Waals surface area contributed by atoms with Crippen LogP contribution in [0.4, 0.5) is 5.95 Å². The Hall–Kier alpha value is -2.37. The van der Waals surface area contributed by atoms with Crippen molar-refractivity contribution in [1.82, 2.24) is 14.9 Å². The second-order valence-corrected chi connectivity index (χ2v) is 8.68. The Morgan fingerprint density at radius 1 is 1.48 bits per heavy atom. The number of carbonyl (C=O) groups excluding carboxylic acids is 1. The molecule has 0 amide bonds. The van der Waals surface area contributed by atoms with Crippen LogP contribution >= 0.6 is 0 Å². The summed E-state index contributed by atoms with van der Waals surface area (Å²) in [5.41, 5.74) is 8.92. The van der Waals surface area contributed by atoms with Gasteiger partial charge in [-0.2, -0.15) is 0 Å². The molecule has 2 heterocycles. The highest BCUT2D eigenvalue weighted by Gasteiger charge is 2.45. The van der Waals surface area contributed by atoms with Gasteiger partial charge in [0, 0.05) is 30.2 Å². The van der Waals surface area contributed by atoms with Gasteiger partial charge in [0.25, 0.3) is 0 Å². The molecule has 6 nitrogen and oxygen atoms in total. The first kappa shape index (κ1) is 21.3. The van der Waals surface area contributed by atoms with Gasteiger partial charge in [-0.3, -0.25) is 4.79 Å². The summed E-state index contributed by atoms with van der Waals surface area (Å²) in [6.07, 6.45) is 10.6. The van der Waals surface area contributed by atoms with Crippen molar-refractivity contribution in [3.63, 3.8) is 0 Å². The standard InChI is InChI=1S/C23H35N5O/c1-5-9-23(10-16(3)6-2)17(4)28(20(11-24)15-29)14-19-13-26-22(27-21(19)23)25-12-18-7-8-18/h11,13,15-16,18H,4-10,12,14,24H2,1-3H3,(H,25,26,27). The van der Waals surface area contributed by atoms with Crippen LogP contribution in [0.5, 0.6) is 0 Å². The fourth-order valence-electron chi connectivity index (χ4n) is 4.43. The molecule has 6 heteroatoms. The van der Waals surface area contributed by atoms with Crippen LogP contribution < -0.4 is 11.1 Å². The van der Waals surface area contributed by atoms with Crippen molar-refractivity contribution in [2.45, 2.75) is 71.3 Å². The van der Waals surface area contributed by atoms with Crippen molar-refractivity contribution in [3.05, 3.63) is 41.6 Å². The van der Waals surface area contributed by atoms with Crippen LogP contribution in [0.2, 0.25) is 0 Å². The normalized spacial score (nSPS) is 22.9. The van der Waals surface area contributed by atoms with Crippen molar-refractivity contribution in [2.75, 3.05) is 11.9 Å². The molecular formula is C23H35N5O. The molecule has 2 atom stereocenters. The Labute approximate surface area is 174 Å². The Bertz CT molecular complexity index is 785. The van der Waals surface area contributed by atoms with Crippen molar-refractivity contribution >= 4 is 12.2 Å². The first-order valence-corrected chi connectivity index (χ1v) is 10.9. The van der Waals surface area contributed by atoms with Crippen molar-refractivity contribution in [1.29, 1.82) is 0 Å². The summed E-state index contributed by atoms with van der Waals surface area (Å²) in [6.45, 7) is 12.6. The van der Waals surface area contributed by atoms with Crippen LogP contribution in [0, 0.1) is 11.8 Å². The van der Waals surface area contributed by atoms with Gasteiger partial charge in [-0.15, -0.1) is 0 Å². The van der Waals surface area contributed by atoms with Gasteiger partial charge in [0.15, 0.2) is 6.29 Å². The fraction of sp³-hybridized carbons (Fsp3) is 0.609. The minimum Gasteiger partial charge on any atom is -0.403 e. The second-order valence-electron chi connectivity index (χ2n) is 8.68. The van der Waals surface area contributed by atoms with Gasteiger partial charge in [-0.1, -0.05) is 40.2 Å². The summed E-state index contributed by atoms with van der Waals surface area (Å²) in [4.78, 5) is 23.2. The number of allylic oxidation sites excluding steroid dienone is 2. The molecule has 1 aliphatic carbocycles. The lowest BCUT2D eigenvalue weighted by atomic mass is 9.67. The number of hydrogen-bond donors (Lipinski definition) is 2. The average molecular weight is 398 g/mol. The Morgan fingerprint density at radius 2 is 2.24 bits per heavy atom. The third-order valence-corrected chi connectivity index (χ3v) is 6.44. The zero-order valence-corrected chi connectivity index (χ0v) is 18.1. The summed E-state index contributed by atoms with van der Waals surface area (Å²) < 4.78 is 0. The van der Waals surface area contributed by atoms with E-state index in [1.807, 2.05) is 11.1 Å². The van der Waals surface area contributed by atoms with Crippen LogP contribution in [-0.2, 0) is 16.8 Å². The Kier molecular flexibility index (Phi) is 6.60. The lowest BCUT2D eigenvalue weighted by Gasteiger charge is -2.47. The molecule has 29 heavy (non-hydrogen) atoms.